The van der Waals surface area contributed by atoms with Crippen LogP contribution in [0.2, 0.25) is 0 Å². The molecule has 0 aliphatic rings. The second kappa shape index (κ2) is 9.82. The molecule has 6 nitrogen and oxygen atoms in total. The zero-order chi connectivity index (χ0) is 23.4. The van der Waals surface area contributed by atoms with Crippen molar-refractivity contribution in [1.82, 2.24) is 9.61 Å². The third-order valence-corrected chi connectivity index (χ3v) is 5.02. The number of Topliss-reactive ketones (excluding diaryl/α,β-unsaturated/α-hetero) is 1. The maximum absolute atomic E-state index is 14.0. The molecule has 32 heavy (non-hydrogen) atoms. The van der Waals surface area contributed by atoms with Crippen molar-refractivity contribution in [3.8, 4) is 11.3 Å². The van der Waals surface area contributed by atoms with Crippen molar-refractivity contribution >= 4 is 23.3 Å². The lowest BCUT2D eigenvalue weighted by Gasteiger charge is -2.17. The highest BCUT2D eigenvalue weighted by molar-refractivity contribution is 5.95. The Morgan fingerprint density at radius 1 is 1.22 bits per heavy atom. The van der Waals surface area contributed by atoms with Crippen molar-refractivity contribution in [2.24, 2.45) is 0 Å². The average Bonchev–Trinajstić information content (AvgIpc) is 3.20. The van der Waals surface area contributed by atoms with Crippen LogP contribution in [-0.4, -0.2) is 39.7 Å². The number of hydrogen-bond acceptors (Lipinski definition) is 5. The summed E-state index contributed by atoms with van der Waals surface area (Å²) in [7, 11) is 1.18. The highest BCUT2D eigenvalue weighted by atomic mass is 19.2. The molecule has 1 unspecified atom stereocenters. The van der Waals surface area contributed by atoms with Gasteiger partial charge in [0, 0.05) is 23.7 Å². The molecule has 8 heteroatoms. The summed E-state index contributed by atoms with van der Waals surface area (Å²) in [5.41, 5.74) is 3.13. The van der Waals surface area contributed by atoms with Gasteiger partial charge in [-0.05, 0) is 41.8 Å². The molecule has 0 amide bonds. The Morgan fingerprint density at radius 3 is 2.62 bits per heavy atom. The molecule has 3 aromatic rings. The van der Waals surface area contributed by atoms with Crippen molar-refractivity contribution in [3.63, 3.8) is 0 Å². The first-order chi connectivity index (χ1) is 15.2. The third kappa shape index (κ3) is 5.08. The molecule has 168 valence electrons. The van der Waals surface area contributed by atoms with Crippen LogP contribution in [0, 0.1) is 11.6 Å². The van der Waals surface area contributed by atoms with Crippen LogP contribution in [0.25, 0.3) is 22.9 Å². The summed E-state index contributed by atoms with van der Waals surface area (Å²) in [5, 5.41) is 14.9. The van der Waals surface area contributed by atoms with Crippen LogP contribution in [0.1, 0.15) is 43.7 Å². The van der Waals surface area contributed by atoms with Crippen molar-refractivity contribution in [2.75, 3.05) is 7.11 Å². The number of rotatable bonds is 8. The van der Waals surface area contributed by atoms with Gasteiger partial charge in [0.1, 0.15) is 12.2 Å². The Morgan fingerprint density at radius 2 is 1.97 bits per heavy atom. The van der Waals surface area contributed by atoms with E-state index in [0.29, 0.717) is 16.8 Å². The molecule has 2 aromatic heterocycles. The Balaban J connectivity index is 2.06. The summed E-state index contributed by atoms with van der Waals surface area (Å²) in [5.74, 6) is -3.05. The number of aliphatic hydroxyl groups is 1. The topological polar surface area (TPSA) is 80.9 Å². The average molecular weight is 442 g/mol. The molecule has 0 bridgehead atoms. The molecular weight excluding hydrogens is 418 g/mol. The molecule has 3 rings (SSSR count). The zero-order valence-electron chi connectivity index (χ0n) is 18.0. The van der Waals surface area contributed by atoms with Gasteiger partial charge in [0.2, 0.25) is 0 Å². The third-order valence-electron chi connectivity index (χ3n) is 5.02. The Hall–Kier alpha value is -3.39. The monoisotopic (exact) mass is 442 g/mol. The first kappa shape index (κ1) is 23.3. The molecule has 0 fully saturated rings. The van der Waals surface area contributed by atoms with Crippen molar-refractivity contribution < 1.29 is 28.2 Å². The highest BCUT2D eigenvalue weighted by Gasteiger charge is 2.19. The van der Waals surface area contributed by atoms with Crippen LogP contribution in [0.15, 0.2) is 42.6 Å². The lowest BCUT2D eigenvalue weighted by molar-refractivity contribution is -0.143. The molecule has 0 saturated heterocycles. The predicted molar refractivity (Wildman–Crippen MR) is 116 cm³/mol. The fourth-order valence-electron chi connectivity index (χ4n) is 3.55. The number of aromatic nitrogens is 2. The molecule has 1 atom stereocenters. The number of carbonyl (C=O) groups is 2. The van der Waals surface area contributed by atoms with Gasteiger partial charge in [0.05, 0.1) is 24.4 Å². The van der Waals surface area contributed by atoms with Gasteiger partial charge in [-0.15, -0.1) is 0 Å². The van der Waals surface area contributed by atoms with E-state index in [1.165, 1.54) is 19.3 Å². The number of benzene rings is 1. The second-order valence-corrected chi connectivity index (χ2v) is 7.72. The number of methoxy groups -OCH3 is 1. The van der Waals surface area contributed by atoms with Crippen LogP contribution in [-0.2, 0) is 14.3 Å². The molecular formula is C24H24F2N2O4. The van der Waals surface area contributed by atoms with E-state index in [-0.39, 0.29) is 12.3 Å². The molecule has 1 N–H and O–H groups in total. The maximum atomic E-state index is 14.0. The minimum Gasteiger partial charge on any atom is -0.469 e. The normalized spacial score (nSPS) is 12.6. The van der Waals surface area contributed by atoms with Gasteiger partial charge in [-0.25, -0.2) is 13.3 Å². The SMILES string of the molecule is COC(=O)CC(=O)CC(O)/C=C/c1c(-c2ccc(F)c(F)c2)nn2cccc2c1C(C)C. The lowest BCUT2D eigenvalue weighted by atomic mass is 9.93. The number of ketones is 1. The minimum atomic E-state index is -1.15. The van der Waals surface area contributed by atoms with Crippen LogP contribution in [0.4, 0.5) is 8.78 Å². The van der Waals surface area contributed by atoms with E-state index in [1.807, 2.05) is 26.0 Å². The fourth-order valence-corrected chi connectivity index (χ4v) is 3.55. The van der Waals surface area contributed by atoms with Gasteiger partial charge >= 0.3 is 5.97 Å². The summed E-state index contributed by atoms with van der Waals surface area (Å²) < 4.78 is 33.6. The second-order valence-electron chi connectivity index (χ2n) is 7.72. The standard InChI is InChI=1S/C24H24F2N2O4/c1-14(2)23-18(8-7-16(29)12-17(30)13-22(31)32-3)24(27-28-10-4-5-21(23)28)15-6-9-19(25)20(26)11-15/h4-11,14,16,29H,12-13H2,1-3H3/b8-7+. The first-order valence-electron chi connectivity index (χ1n) is 10.1. The van der Waals surface area contributed by atoms with Crippen molar-refractivity contribution in [3.05, 3.63) is 65.4 Å². The van der Waals surface area contributed by atoms with E-state index in [4.69, 9.17) is 0 Å². The van der Waals surface area contributed by atoms with Crippen molar-refractivity contribution in [1.29, 1.82) is 0 Å². The number of carbonyl (C=O) groups excluding carboxylic acids is 2. The lowest BCUT2D eigenvalue weighted by Crippen LogP contribution is -2.15. The largest absolute Gasteiger partial charge is 0.469 e. The maximum Gasteiger partial charge on any atom is 0.313 e. The Kier molecular flexibility index (Phi) is 7.15. The quantitative estimate of drug-likeness (QED) is 0.416. The zero-order valence-corrected chi connectivity index (χ0v) is 18.0. The van der Waals surface area contributed by atoms with Gasteiger partial charge in [0.15, 0.2) is 11.6 Å². The van der Waals surface area contributed by atoms with Gasteiger partial charge in [-0.2, -0.15) is 5.10 Å². The Labute approximate surface area is 184 Å². The molecule has 0 aliphatic heterocycles. The molecule has 1 aromatic carbocycles. The molecule has 0 aliphatic carbocycles. The highest BCUT2D eigenvalue weighted by Crippen LogP contribution is 2.33. The van der Waals surface area contributed by atoms with Crippen LogP contribution >= 0.6 is 0 Å². The van der Waals surface area contributed by atoms with Crippen molar-refractivity contribution in [2.45, 2.75) is 38.7 Å². The van der Waals surface area contributed by atoms with Gasteiger partial charge in [-0.1, -0.05) is 26.0 Å². The van der Waals surface area contributed by atoms with E-state index in [9.17, 15) is 23.5 Å². The van der Waals surface area contributed by atoms with Gasteiger partial charge in [-0.3, -0.25) is 9.59 Å². The van der Waals surface area contributed by atoms with Gasteiger partial charge < -0.3 is 9.84 Å². The smallest absolute Gasteiger partial charge is 0.313 e. The number of nitrogens with zero attached hydrogens (tertiary/aromatic N) is 2. The number of ether oxygens (including phenoxy) is 1. The molecule has 2 heterocycles. The molecule has 0 saturated carbocycles. The molecule has 0 spiro atoms. The van der Waals surface area contributed by atoms with E-state index < -0.39 is 35.9 Å². The minimum absolute atomic E-state index is 0.0391. The van der Waals surface area contributed by atoms with E-state index in [0.717, 1.165) is 23.2 Å². The number of halogens is 2. The number of esters is 1. The summed E-state index contributed by atoms with van der Waals surface area (Å²) in [6, 6.07) is 7.27. The number of aliphatic hydroxyl groups excluding tert-OH is 1. The summed E-state index contributed by atoms with van der Waals surface area (Å²) in [6.45, 7) is 3.98. The van der Waals surface area contributed by atoms with Crippen LogP contribution < -0.4 is 0 Å². The predicted octanol–water partition coefficient (Wildman–Crippen LogP) is 4.30. The number of fused-ring (bicyclic) bond motifs is 1. The van der Waals surface area contributed by atoms with E-state index in [1.54, 1.807) is 16.8 Å². The van der Waals surface area contributed by atoms with E-state index >= 15 is 0 Å². The van der Waals surface area contributed by atoms with Crippen LogP contribution in [0.3, 0.4) is 0 Å². The van der Waals surface area contributed by atoms with E-state index in [2.05, 4.69) is 9.84 Å². The number of hydrogen-bond donors (Lipinski definition) is 1. The Bertz CT molecular complexity index is 1180. The van der Waals surface area contributed by atoms with Crippen LogP contribution in [0.5, 0.6) is 0 Å². The van der Waals surface area contributed by atoms with Gasteiger partial charge in [0.25, 0.3) is 0 Å². The summed E-state index contributed by atoms with van der Waals surface area (Å²) in [4.78, 5) is 23.2. The first-order valence-corrected chi connectivity index (χ1v) is 10.1. The summed E-state index contributed by atoms with van der Waals surface area (Å²) in [6.07, 6.45) is 3.00. The molecule has 0 radical (unpaired) electrons. The summed E-state index contributed by atoms with van der Waals surface area (Å²) >= 11 is 0. The fraction of sp³-hybridized carbons (Fsp3) is 0.292.